The predicted octanol–water partition coefficient (Wildman–Crippen LogP) is -1.73. The normalized spacial score (nSPS) is 10.5. The molecule has 0 rings (SSSR count). The molecule has 0 radical (unpaired) electrons. The zero-order valence-corrected chi connectivity index (χ0v) is 8.32. The molecule has 0 aromatic carbocycles. The molecule has 0 aliphatic carbocycles. The lowest BCUT2D eigenvalue weighted by molar-refractivity contribution is -0.662. The van der Waals surface area contributed by atoms with Crippen molar-refractivity contribution >= 4 is 0 Å². The monoisotopic (exact) mass is 175 g/mol. The minimum absolute atomic E-state index is 0.998. The van der Waals surface area contributed by atoms with Gasteiger partial charge in [0.1, 0.15) is 13.3 Å². The van der Waals surface area contributed by atoms with E-state index in [0.29, 0.717) is 0 Å². The molecule has 0 aliphatic heterocycles. The molecule has 0 atom stereocenters. The SMILES string of the molecule is CCCNC[NH2+]CNCCNC. The highest BCUT2D eigenvalue weighted by Gasteiger charge is 1.87. The van der Waals surface area contributed by atoms with Crippen LogP contribution in [0.5, 0.6) is 0 Å². The van der Waals surface area contributed by atoms with Crippen molar-refractivity contribution in [3.63, 3.8) is 0 Å². The topological polar surface area (TPSA) is 52.7 Å². The summed E-state index contributed by atoms with van der Waals surface area (Å²) in [6.45, 7) is 7.39. The number of quaternary nitrogens is 1. The zero-order valence-electron chi connectivity index (χ0n) is 8.32. The lowest BCUT2D eigenvalue weighted by Gasteiger charge is -2.04. The Kier molecular flexibility index (Phi) is 10.7. The number of nitrogens with one attached hydrogen (secondary N) is 3. The molecule has 0 aromatic heterocycles. The second kappa shape index (κ2) is 10.8. The second-order valence-corrected chi connectivity index (χ2v) is 2.80. The van der Waals surface area contributed by atoms with Crippen LogP contribution in [-0.4, -0.2) is 40.0 Å². The van der Waals surface area contributed by atoms with Gasteiger partial charge in [0.2, 0.25) is 0 Å². The standard InChI is InChI=1S/C8H22N4/c1-3-4-10-7-12-8-11-6-5-9-2/h9-12H,3-8H2,1-2H3/p+1. The van der Waals surface area contributed by atoms with Crippen LogP contribution in [0.15, 0.2) is 0 Å². The Morgan fingerprint density at radius 3 is 2.25 bits per heavy atom. The van der Waals surface area contributed by atoms with Crippen LogP contribution in [-0.2, 0) is 0 Å². The Labute approximate surface area is 75.5 Å². The van der Waals surface area contributed by atoms with Gasteiger partial charge in [-0.1, -0.05) is 6.92 Å². The molecule has 0 amide bonds. The van der Waals surface area contributed by atoms with E-state index in [9.17, 15) is 0 Å². The highest BCUT2D eigenvalue weighted by molar-refractivity contribution is 4.41. The van der Waals surface area contributed by atoms with Gasteiger partial charge in [0.25, 0.3) is 0 Å². The van der Waals surface area contributed by atoms with Crippen LogP contribution in [0.3, 0.4) is 0 Å². The minimum Gasteiger partial charge on any atom is -0.322 e. The molecule has 0 aliphatic rings. The smallest absolute Gasteiger partial charge is 0.130 e. The van der Waals surface area contributed by atoms with Crippen LogP contribution < -0.4 is 21.3 Å². The molecule has 4 heteroatoms. The lowest BCUT2D eigenvalue weighted by atomic mass is 10.5. The van der Waals surface area contributed by atoms with E-state index >= 15 is 0 Å². The Morgan fingerprint density at radius 2 is 1.67 bits per heavy atom. The fourth-order valence-corrected chi connectivity index (χ4v) is 0.871. The van der Waals surface area contributed by atoms with Crippen LogP contribution in [0.2, 0.25) is 0 Å². The summed E-state index contributed by atoms with van der Waals surface area (Å²) < 4.78 is 0. The van der Waals surface area contributed by atoms with Gasteiger partial charge in [-0.2, -0.15) is 0 Å². The van der Waals surface area contributed by atoms with Gasteiger partial charge in [-0.05, 0) is 20.0 Å². The third kappa shape index (κ3) is 9.84. The third-order valence-electron chi connectivity index (χ3n) is 1.56. The van der Waals surface area contributed by atoms with E-state index in [2.05, 4.69) is 28.2 Å². The van der Waals surface area contributed by atoms with Crippen molar-refractivity contribution in [3.05, 3.63) is 0 Å². The summed E-state index contributed by atoms with van der Waals surface area (Å²) in [5.41, 5.74) is 0. The fraction of sp³-hybridized carbons (Fsp3) is 1.00. The summed E-state index contributed by atoms with van der Waals surface area (Å²) in [6.07, 6.45) is 1.21. The molecule has 0 unspecified atom stereocenters. The lowest BCUT2D eigenvalue weighted by Crippen LogP contribution is -2.89. The summed E-state index contributed by atoms with van der Waals surface area (Å²) in [6, 6.07) is 0. The maximum atomic E-state index is 3.31. The van der Waals surface area contributed by atoms with E-state index in [4.69, 9.17) is 0 Å². The summed E-state index contributed by atoms with van der Waals surface area (Å²) >= 11 is 0. The number of likely N-dealkylation sites (N-methyl/N-ethyl adjacent to an activating group) is 1. The Hall–Kier alpha value is -0.160. The first-order chi connectivity index (χ1) is 5.91. The molecule has 0 bridgehead atoms. The van der Waals surface area contributed by atoms with Crippen molar-refractivity contribution in [2.75, 3.05) is 40.0 Å². The summed E-state index contributed by atoms with van der Waals surface area (Å²) in [4.78, 5) is 0. The van der Waals surface area contributed by atoms with E-state index in [1.807, 2.05) is 7.05 Å². The molecule has 0 fully saturated rings. The maximum absolute atomic E-state index is 3.31. The van der Waals surface area contributed by atoms with Crippen molar-refractivity contribution in [1.29, 1.82) is 0 Å². The molecule has 0 heterocycles. The molecule has 0 saturated carbocycles. The van der Waals surface area contributed by atoms with Crippen molar-refractivity contribution in [2.24, 2.45) is 0 Å². The number of hydrogen-bond donors (Lipinski definition) is 4. The molecule has 0 saturated heterocycles. The van der Waals surface area contributed by atoms with Crippen LogP contribution in [0.4, 0.5) is 0 Å². The van der Waals surface area contributed by atoms with Crippen LogP contribution >= 0.6 is 0 Å². The van der Waals surface area contributed by atoms with Gasteiger partial charge in [-0.3, -0.25) is 10.6 Å². The van der Waals surface area contributed by atoms with E-state index in [0.717, 1.165) is 33.0 Å². The summed E-state index contributed by atoms with van der Waals surface area (Å²) in [5, 5.41) is 11.9. The van der Waals surface area contributed by atoms with E-state index in [1.165, 1.54) is 6.42 Å². The minimum atomic E-state index is 0.998. The van der Waals surface area contributed by atoms with E-state index < -0.39 is 0 Å². The molecule has 4 nitrogen and oxygen atoms in total. The van der Waals surface area contributed by atoms with Crippen LogP contribution in [0.1, 0.15) is 13.3 Å². The first-order valence-electron chi connectivity index (χ1n) is 4.79. The Balaban J connectivity index is 2.73. The van der Waals surface area contributed by atoms with Crippen molar-refractivity contribution in [2.45, 2.75) is 13.3 Å². The van der Waals surface area contributed by atoms with E-state index in [-0.39, 0.29) is 0 Å². The molecule has 74 valence electrons. The van der Waals surface area contributed by atoms with Crippen molar-refractivity contribution in [1.82, 2.24) is 16.0 Å². The van der Waals surface area contributed by atoms with Gasteiger partial charge >= 0.3 is 0 Å². The third-order valence-corrected chi connectivity index (χ3v) is 1.56. The summed E-state index contributed by atoms with van der Waals surface area (Å²) in [7, 11) is 1.97. The van der Waals surface area contributed by atoms with Gasteiger partial charge in [-0.15, -0.1) is 0 Å². The quantitative estimate of drug-likeness (QED) is 0.249. The Morgan fingerprint density at radius 1 is 1.00 bits per heavy atom. The average Bonchev–Trinajstić information content (AvgIpc) is 2.10. The van der Waals surface area contributed by atoms with Gasteiger partial charge in [0.15, 0.2) is 0 Å². The molecule has 0 spiro atoms. The molecule has 12 heavy (non-hydrogen) atoms. The Bertz CT molecular complexity index is 67.5. The van der Waals surface area contributed by atoms with E-state index in [1.54, 1.807) is 0 Å². The summed E-state index contributed by atoms with van der Waals surface area (Å²) in [5.74, 6) is 0. The largest absolute Gasteiger partial charge is 0.322 e. The molecule has 0 aromatic rings. The predicted molar refractivity (Wildman–Crippen MR) is 51.9 cm³/mol. The molecule has 5 N–H and O–H groups in total. The van der Waals surface area contributed by atoms with Crippen LogP contribution in [0.25, 0.3) is 0 Å². The van der Waals surface area contributed by atoms with Crippen molar-refractivity contribution in [3.8, 4) is 0 Å². The molecular weight excluding hydrogens is 152 g/mol. The second-order valence-electron chi connectivity index (χ2n) is 2.80. The maximum Gasteiger partial charge on any atom is 0.130 e. The van der Waals surface area contributed by atoms with Crippen LogP contribution in [0, 0.1) is 0 Å². The average molecular weight is 175 g/mol. The van der Waals surface area contributed by atoms with Gasteiger partial charge in [0.05, 0.1) is 0 Å². The van der Waals surface area contributed by atoms with Gasteiger partial charge < -0.3 is 10.6 Å². The fourth-order valence-electron chi connectivity index (χ4n) is 0.871. The van der Waals surface area contributed by atoms with Crippen molar-refractivity contribution < 1.29 is 5.32 Å². The first-order valence-corrected chi connectivity index (χ1v) is 4.79. The first kappa shape index (κ1) is 11.8. The molecular formula is C8H23N4+. The number of nitrogens with two attached hydrogens (primary N) is 1. The number of rotatable bonds is 9. The van der Waals surface area contributed by atoms with Gasteiger partial charge in [0, 0.05) is 13.1 Å². The highest BCUT2D eigenvalue weighted by Crippen LogP contribution is 1.63. The highest BCUT2D eigenvalue weighted by atomic mass is 15.1. The zero-order chi connectivity index (χ0) is 9.07. The number of hydrogen-bond acceptors (Lipinski definition) is 3. The van der Waals surface area contributed by atoms with Gasteiger partial charge in [-0.25, -0.2) is 0 Å².